The minimum atomic E-state index is -0.251. The lowest BCUT2D eigenvalue weighted by Gasteiger charge is -2.33. The van der Waals surface area contributed by atoms with E-state index in [0.29, 0.717) is 23.9 Å². The van der Waals surface area contributed by atoms with Crippen LogP contribution in [-0.2, 0) is 9.63 Å². The zero-order chi connectivity index (χ0) is 24.2. The van der Waals surface area contributed by atoms with Crippen LogP contribution in [0.15, 0.2) is 24.3 Å². The van der Waals surface area contributed by atoms with Crippen molar-refractivity contribution in [3.8, 4) is 0 Å². The molecule has 3 rings (SSSR count). The molecule has 0 radical (unpaired) electrons. The van der Waals surface area contributed by atoms with Crippen LogP contribution in [0.4, 0.5) is 29.2 Å². The Bertz CT molecular complexity index is 896. The highest BCUT2D eigenvalue weighted by molar-refractivity contribution is 5.80. The third-order valence-electron chi connectivity index (χ3n) is 5.59. The number of hydrogen-bond donors (Lipinski definition) is 6. The molecule has 186 valence electrons. The van der Waals surface area contributed by atoms with Crippen molar-refractivity contribution < 1.29 is 9.63 Å². The van der Waals surface area contributed by atoms with Crippen LogP contribution >= 0.6 is 0 Å². The maximum absolute atomic E-state index is 11.6. The van der Waals surface area contributed by atoms with E-state index in [4.69, 9.17) is 0 Å². The number of anilines is 5. The summed E-state index contributed by atoms with van der Waals surface area (Å²) in [5, 5.41) is 12.5. The molecule has 12 nitrogen and oxygen atoms in total. The second-order valence-corrected chi connectivity index (χ2v) is 8.13. The highest BCUT2D eigenvalue weighted by Crippen LogP contribution is 2.19. The minimum absolute atomic E-state index is 0.105. The van der Waals surface area contributed by atoms with E-state index in [2.05, 4.69) is 63.9 Å². The summed E-state index contributed by atoms with van der Waals surface area (Å²) in [6.45, 7) is 5.48. The van der Waals surface area contributed by atoms with Gasteiger partial charge in [0.25, 0.3) is 5.91 Å². The number of nitrogens with zero attached hydrogens (tertiary/aromatic N) is 4. The molecule has 0 aliphatic carbocycles. The van der Waals surface area contributed by atoms with Crippen molar-refractivity contribution in [2.24, 2.45) is 0 Å². The normalized spacial score (nSPS) is 16.0. The maximum Gasteiger partial charge on any atom is 0.255 e. The van der Waals surface area contributed by atoms with Gasteiger partial charge in [-0.15, -0.1) is 5.59 Å². The molecule has 1 atom stereocenters. The van der Waals surface area contributed by atoms with Crippen LogP contribution in [0.1, 0.15) is 32.6 Å². The summed E-state index contributed by atoms with van der Waals surface area (Å²) in [5.74, 6) is 1.21. The van der Waals surface area contributed by atoms with Gasteiger partial charge in [0, 0.05) is 37.6 Å². The van der Waals surface area contributed by atoms with Crippen molar-refractivity contribution in [1.82, 2.24) is 30.9 Å². The molecule has 0 spiro atoms. The lowest BCUT2D eigenvalue weighted by atomic mass is 10.0. The Hall–Kier alpha value is -3.22. The second-order valence-electron chi connectivity index (χ2n) is 8.13. The lowest BCUT2D eigenvalue weighted by molar-refractivity contribution is -0.124. The predicted molar refractivity (Wildman–Crippen MR) is 134 cm³/mol. The highest BCUT2D eigenvalue weighted by atomic mass is 16.7. The van der Waals surface area contributed by atoms with E-state index in [0.717, 1.165) is 30.9 Å². The molecule has 0 bridgehead atoms. The van der Waals surface area contributed by atoms with Crippen LogP contribution in [0.3, 0.4) is 0 Å². The Morgan fingerprint density at radius 1 is 1.06 bits per heavy atom. The summed E-state index contributed by atoms with van der Waals surface area (Å²) in [7, 11) is 3.20. The van der Waals surface area contributed by atoms with E-state index in [1.807, 2.05) is 24.3 Å². The number of amides is 1. The molecule has 6 N–H and O–H groups in total. The number of likely N-dealkylation sites (tertiary alicyclic amines) is 1. The third kappa shape index (κ3) is 8.28. The quantitative estimate of drug-likeness (QED) is 0.188. The van der Waals surface area contributed by atoms with Crippen molar-refractivity contribution in [1.29, 1.82) is 0 Å². The first-order valence-electron chi connectivity index (χ1n) is 11.7. The van der Waals surface area contributed by atoms with Gasteiger partial charge in [0.2, 0.25) is 17.8 Å². The van der Waals surface area contributed by atoms with Crippen LogP contribution in [-0.4, -0.2) is 72.1 Å². The van der Waals surface area contributed by atoms with Crippen molar-refractivity contribution in [2.45, 2.75) is 38.6 Å². The van der Waals surface area contributed by atoms with E-state index in [1.165, 1.54) is 32.9 Å². The molecule has 1 unspecified atom stereocenters. The molecule has 34 heavy (non-hydrogen) atoms. The monoisotopic (exact) mass is 472 g/mol. The summed E-state index contributed by atoms with van der Waals surface area (Å²) < 4.78 is 0. The molecule has 1 amide bonds. The fourth-order valence-corrected chi connectivity index (χ4v) is 3.73. The molecule has 1 aromatic heterocycles. The van der Waals surface area contributed by atoms with E-state index in [9.17, 15) is 4.79 Å². The molecule has 1 fully saturated rings. The second kappa shape index (κ2) is 13.5. The average molecular weight is 473 g/mol. The first-order valence-corrected chi connectivity index (χ1v) is 11.7. The molecule has 1 aliphatic heterocycles. The van der Waals surface area contributed by atoms with Crippen molar-refractivity contribution in [3.05, 3.63) is 24.3 Å². The smallest absolute Gasteiger partial charge is 0.255 e. The minimum Gasteiger partial charge on any atom is -0.376 e. The topological polar surface area (TPSA) is 140 Å². The first-order chi connectivity index (χ1) is 16.6. The molecule has 1 saturated heterocycles. The number of carbonyl (C=O) groups is 1. The molecule has 0 saturated carbocycles. The largest absolute Gasteiger partial charge is 0.376 e. The van der Waals surface area contributed by atoms with Crippen LogP contribution in [0, 0.1) is 0 Å². The molecular weight excluding hydrogens is 436 g/mol. The summed E-state index contributed by atoms with van der Waals surface area (Å²) >= 11 is 0. The number of aromatic nitrogens is 3. The molecule has 2 aromatic rings. The number of nitrogens with one attached hydrogen (secondary N) is 6. The summed E-state index contributed by atoms with van der Waals surface area (Å²) in [6, 6.07) is 8.15. The standard InChI is InChI=1S/C22H36N10O2/c1-16-7-4-5-13-32(16)14-6-12-24-21-27-20(23-2)28-22(29-21)26-18-10-8-17(9-11-18)25-15-19(33)30-31-34-3/h8-11,16,25,31H,4-7,12-15H2,1-3H3,(H,30,33)(H3,23,24,26,27,28,29). The van der Waals surface area contributed by atoms with E-state index in [-0.39, 0.29) is 12.5 Å². The van der Waals surface area contributed by atoms with Gasteiger partial charge in [-0.3, -0.25) is 15.1 Å². The van der Waals surface area contributed by atoms with E-state index in [1.54, 1.807) is 7.05 Å². The fourth-order valence-electron chi connectivity index (χ4n) is 3.73. The van der Waals surface area contributed by atoms with Crippen molar-refractivity contribution in [2.75, 3.05) is 61.6 Å². The van der Waals surface area contributed by atoms with Gasteiger partial charge in [-0.1, -0.05) is 6.42 Å². The molecule has 2 heterocycles. The van der Waals surface area contributed by atoms with Gasteiger partial charge in [0.1, 0.15) is 0 Å². The first kappa shape index (κ1) is 25.4. The van der Waals surface area contributed by atoms with Gasteiger partial charge in [-0.05, 0) is 57.0 Å². The van der Waals surface area contributed by atoms with Crippen molar-refractivity contribution in [3.63, 3.8) is 0 Å². The van der Waals surface area contributed by atoms with Gasteiger partial charge < -0.3 is 26.2 Å². The van der Waals surface area contributed by atoms with E-state index < -0.39 is 0 Å². The predicted octanol–water partition coefficient (Wildman–Crippen LogP) is 1.93. The molecular formula is C22H36N10O2. The summed E-state index contributed by atoms with van der Waals surface area (Å²) in [4.78, 5) is 32.0. The van der Waals surface area contributed by atoms with Crippen LogP contribution in [0.25, 0.3) is 0 Å². The Morgan fingerprint density at radius 2 is 1.79 bits per heavy atom. The molecule has 1 aliphatic rings. The van der Waals surface area contributed by atoms with Crippen LogP contribution in [0.5, 0.6) is 0 Å². The Balaban J connectivity index is 1.50. The average Bonchev–Trinajstić information content (AvgIpc) is 2.85. The van der Waals surface area contributed by atoms with Crippen LogP contribution in [0.2, 0.25) is 0 Å². The summed E-state index contributed by atoms with van der Waals surface area (Å²) in [5.41, 5.74) is 6.28. The SMILES string of the molecule is CNc1nc(NCCCN2CCCCC2C)nc(Nc2ccc(NCC(=O)NNOC)cc2)n1. The Kier molecular flexibility index (Phi) is 10.1. The van der Waals surface area contributed by atoms with Gasteiger partial charge in [0.05, 0.1) is 13.7 Å². The third-order valence-corrected chi connectivity index (χ3v) is 5.59. The Labute approximate surface area is 200 Å². The van der Waals surface area contributed by atoms with Gasteiger partial charge >= 0.3 is 0 Å². The molecule has 1 aromatic carbocycles. The van der Waals surface area contributed by atoms with Crippen LogP contribution < -0.4 is 32.3 Å². The number of carbonyl (C=O) groups excluding carboxylic acids is 1. The van der Waals surface area contributed by atoms with E-state index >= 15 is 0 Å². The number of hydrogen-bond acceptors (Lipinski definition) is 11. The zero-order valence-corrected chi connectivity index (χ0v) is 20.1. The lowest BCUT2D eigenvalue weighted by Crippen LogP contribution is -2.39. The maximum atomic E-state index is 11.6. The number of benzene rings is 1. The van der Waals surface area contributed by atoms with Gasteiger partial charge in [0.15, 0.2) is 0 Å². The molecule has 12 heteroatoms. The number of rotatable bonds is 13. The van der Waals surface area contributed by atoms with Gasteiger partial charge in [-0.25, -0.2) is 0 Å². The number of piperidine rings is 1. The number of hydrazine groups is 1. The van der Waals surface area contributed by atoms with Crippen molar-refractivity contribution >= 4 is 35.1 Å². The zero-order valence-electron chi connectivity index (χ0n) is 20.1. The fraction of sp³-hybridized carbons (Fsp3) is 0.545. The highest BCUT2D eigenvalue weighted by Gasteiger charge is 2.17. The van der Waals surface area contributed by atoms with Gasteiger partial charge in [-0.2, -0.15) is 15.0 Å². The summed E-state index contributed by atoms with van der Waals surface area (Å²) in [6.07, 6.45) is 4.96. The Morgan fingerprint density at radius 3 is 2.53 bits per heavy atom.